The van der Waals surface area contributed by atoms with Crippen molar-refractivity contribution in [2.24, 2.45) is 12.5 Å². The van der Waals surface area contributed by atoms with Crippen LogP contribution in [0.3, 0.4) is 0 Å². The van der Waals surface area contributed by atoms with Gasteiger partial charge in [-0.05, 0) is 31.2 Å². The predicted molar refractivity (Wildman–Crippen MR) is 111 cm³/mol. The average molecular weight is 396 g/mol. The molecule has 0 bridgehead atoms. The minimum Gasteiger partial charge on any atom is -0.343 e. The summed E-state index contributed by atoms with van der Waals surface area (Å²) in [6, 6.07) is 6.12. The zero-order chi connectivity index (χ0) is 20.8. The summed E-state index contributed by atoms with van der Waals surface area (Å²) >= 11 is 0. The second kappa shape index (κ2) is 7.28. The molecule has 29 heavy (non-hydrogen) atoms. The van der Waals surface area contributed by atoms with Crippen molar-refractivity contribution in [3.63, 3.8) is 0 Å². The molecule has 0 aliphatic carbocycles. The predicted octanol–water partition coefficient (Wildman–Crippen LogP) is 4.07. The number of likely N-dealkylation sites (tertiary alicyclic amines) is 1. The van der Waals surface area contributed by atoms with E-state index < -0.39 is 0 Å². The highest BCUT2D eigenvalue weighted by atomic mass is 16.5. The second-order valence-corrected chi connectivity index (χ2v) is 9.29. The standard InChI is InChI=1S/C22H29N5O2/c1-14-17-7-6-16(12-18(17)26(5)24-14)20-23-21(29-25-20)15-8-10-27(11-9-15)19(28)13-22(2,3)4/h6-7,12,15H,8-11,13H2,1-5H3. The lowest BCUT2D eigenvalue weighted by Crippen LogP contribution is -2.39. The lowest BCUT2D eigenvalue weighted by Gasteiger charge is -2.32. The molecule has 1 aliphatic rings. The van der Waals surface area contributed by atoms with Gasteiger partial charge in [0.2, 0.25) is 17.6 Å². The quantitative estimate of drug-likeness (QED) is 0.668. The minimum atomic E-state index is 0.0167. The van der Waals surface area contributed by atoms with E-state index >= 15 is 0 Å². The van der Waals surface area contributed by atoms with Crippen LogP contribution in [0, 0.1) is 12.3 Å². The number of carbonyl (C=O) groups is 1. The molecule has 7 heteroatoms. The van der Waals surface area contributed by atoms with E-state index in [-0.39, 0.29) is 17.2 Å². The van der Waals surface area contributed by atoms with Crippen LogP contribution in [0.1, 0.15) is 57.5 Å². The number of amides is 1. The van der Waals surface area contributed by atoms with Crippen LogP contribution in [-0.4, -0.2) is 43.8 Å². The number of hydrogen-bond acceptors (Lipinski definition) is 5. The highest BCUT2D eigenvalue weighted by molar-refractivity contribution is 5.85. The zero-order valence-corrected chi connectivity index (χ0v) is 17.9. The monoisotopic (exact) mass is 395 g/mol. The third-order valence-corrected chi connectivity index (χ3v) is 5.61. The molecular weight excluding hydrogens is 366 g/mol. The molecule has 1 fully saturated rings. The lowest BCUT2D eigenvalue weighted by atomic mass is 9.90. The maximum atomic E-state index is 12.4. The second-order valence-electron chi connectivity index (χ2n) is 9.29. The number of benzene rings is 1. The van der Waals surface area contributed by atoms with Crippen LogP contribution in [0.5, 0.6) is 0 Å². The number of carbonyl (C=O) groups excluding carboxylic acids is 1. The maximum absolute atomic E-state index is 12.4. The van der Waals surface area contributed by atoms with E-state index in [9.17, 15) is 4.79 Å². The molecule has 1 aliphatic heterocycles. The van der Waals surface area contributed by atoms with Gasteiger partial charge < -0.3 is 9.42 Å². The largest absolute Gasteiger partial charge is 0.343 e. The van der Waals surface area contributed by atoms with Crippen LogP contribution < -0.4 is 0 Å². The van der Waals surface area contributed by atoms with Gasteiger partial charge in [-0.3, -0.25) is 9.48 Å². The van der Waals surface area contributed by atoms with Gasteiger partial charge in [-0.1, -0.05) is 38.1 Å². The van der Waals surface area contributed by atoms with Crippen LogP contribution in [0.2, 0.25) is 0 Å². The molecule has 1 saturated heterocycles. The maximum Gasteiger partial charge on any atom is 0.230 e. The SMILES string of the molecule is Cc1nn(C)c2cc(-c3noc(C4CCN(C(=O)CC(C)(C)C)CC4)n3)ccc12. The Morgan fingerprint density at radius 2 is 1.97 bits per heavy atom. The first-order valence-electron chi connectivity index (χ1n) is 10.3. The molecule has 7 nitrogen and oxygen atoms in total. The first-order chi connectivity index (χ1) is 13.7. The highest BCUT2D eigenvalue weighted by Gasteiger charge is 2.29. The van der Waals surface area contributed by atoms with Crippen LogP contribution in [-0.2, 0) is 11.8 Å². The van der Waals surface area contributed by atoms with Crippen LogP contribution in [0.25, 0.3) is 22.3 Å². The number of fused-ring (bicyclic) bond motifs is 1. The van der Waals surface area contributed by atoms with E-state index in [2.05, 4.69) is 48.1 Å². The summed E-state index contributed by atoms with van der Waals surface area (Å²) in [5, 5.41) is 9.81. The summed E-state index contributed by atoms with van der Waals surface area (Å²) in [4.78, 5) is 19.1. The summed E-state index contributed by atoms with van der Waals surface area (Å²) in [5.41, 5.74) is 3.00. The molecule has 0 radical (unpaired) electrons. The lowest BCUT2D eigenvalue weighted by molar-refractivity contribution is -0.134. The average Bonchev–Trinajstić information content (AvgIpc) is 3.26. The molecule has 0 N–H and O–H groups in total. The van der Waals surface area contributed by atoms with E-state index in [0.29, 0.717) is 18.1 Å². The minimum absolute atomic E-state index is 0.0167. The van der Waals surface area contributed by atoms with Gasteiger partial charge in [-0.2, -0.15) is 10.1 Å². The van der Waals surface area contributed by atoms with Gasteiger partial charge in [-0.15, -0.1) is 0 Å². The van der Waals surface area contributed by atoms with Crippen molar-refractivity contribution in [1.29, 1.82) is 0 Å². The van der Waals surface area contributed by atoms with Gasteiger partial charge >= 0.3 is 0 Å². The van der Waals surface area contributed by atoms with E-state index in [0.717, 1.165) is 48.1 Å². The van der Waals surface area contributed by atoms with E-state index in [1.165, 1.54) is 0 Å². The van der Waals surface area contributed by atoms with Gasteiger partial charge in [-0.25, -0.2) is 0 Å². The Kier molecular flexibility index (Phi) is 4.92. The smallest absolute Gasteiger partial charge is 0.230 e. The van der Waals surface area contributed by atoms with Gasteiger partial charge in [0.1, 0.15) is 0 Å². The van der Waals surface area contributed by atoms with Crippen molar-refractivity contribution in [1.82, 2.24) is 24.8 Å². The summed E-state index contributed by atoms with van der Waals surface area (Å²) in [7, 11) is 1.94. The first-order valence-corrected chi connectivity index (χ1v) is 10.3. The highest BCUT2D eigenvalue weighted by Crippen LogP contribution is 2.31. The molecule has 0 unspecified atom stereocenters. The third kappa shape index (κ3) is 4.04. The number of rotatable bonds is 3. The van der Waals surface area contributed by atoms with Crippen LogP contribution >= 0.6 is 0 Å². The molecule has 154 valence electrons. The van der Waals surface area contributed by atoms with Crippen molar-refractivity contribution in [2.45, 2.75) is 52.9 Å². The molecule has 0 saturated carbocycles. The fourth-order valence-electron chi connectivity index (χ4n) is 4.04. The summed E-state index contributed by atoms with van der Waals surface area (Å²) < 4.78 is 7.47. The normalized spacial score (nSPS) is 16.0. The number of piperidine rings is 1. The van der Waals surface area contributed by atoms with Crippen LogP contribution in [0.4, 0.5) is 0 Å². The molecule has 2 aromatic heterocycles. The molecule has 0 spiro atoms. The Hall–Kier alpha value is -2.70. The zero-order valence-electron chi connectivity index (χ0n) is 17.9. The molecule has 3 heterocycles. The third-order valence-electron chi connectivity index (χ3n) is 5.61. The van der Waals surface area contributed by atoms with Crippen molar-refractivity contribution in [3.8, 4) is 11.4 Å². The summed E-state index contributed by atoms with van der Waals surface area (Å²) in [6.07, 6.45) is 2.30. The molecule has 1 aromatic carbocycles. The van der Waals surface area contributed by atoms with Gasteiger partial charge in [0.25, 0.3) is 0 Å². The van der Waals surface area contributed by atoms with Gasteiger partial charge in [0.15, 0.2) is 0 Å². The van der Waals surface area contributed by atoms with Gasteiger partial charge in [0, 0.05) is 43.4 Å². The number of hydrogen-bond donors (Lipinski definition) is 0. The summed E-state index contributed by atoms with van der Waals surface area (Å²) in [5.74, 6) is 1.72. The van der Waals surface area contributed by atoms with Crippen LogP contribution in [0.15, 0.2) is 22.7 Å². The molecule has 0 atom stereocenters. The number of aryl methyl sites for hydroxylation is 2. The molecular formula is C22H29N5O2. The Bertz CT molecular complexity index is 1040. The Morgan fingerprint density at radius 1 is 1.24 bits per heavy atom. The number of nitrogens with zero attached hydrogens (tertiary/aromatic N) is 5. The topological polar surface area (TPSA) is 77.0 Å². The molecule has 4 rings (SSSR count). The van der Waals surface area contributed by atoms with Crippen molar-refractivity contribution in [2.75, 3.05) is 13.1 Å². The Labute approximate surface area is 171 Å². The fraction of sp³-hybridized carbons (Fsp3) is 0.545. The van der Waals surface area contributed by atoms with Crippen molar-refractivity contribution < 1.29 is 9.32 Å². The Morgan fingerprint density at radius 3 is 2.66 bits per heavy atom. The van der Waals surface area contributed by atoms with E-state index in [1.54, 1.807) is 0 Å². The fourth-order valence-corrected chi connectivity index (χ4v) is 4.04. The van der Waals surface area contributed by atoms with Crippen molar-refractivity contribution >= 4 is 16.8 Å². The Balaban J connectivity index is 1.45. The van der Waals surface area contributed by atoms with Crippen molar-refractivity contribution in [3.05, 3.63) is 29.8 Å². The first kappa shape index (κ1) is 19.6. The van der Waals surface area contributed by atoms with Gasteiger partial charge in [0.05, 0.1) is 11.2 Å². The molecule has 3 aromatic rings. The van der Waals surface area contributed by atoms with E-state index in [1.807, 2.05) is 29.6 Å². The molecule has 1 amide bonds. The summed E-state index contributed by atoms with van der Waals surface area (Å²) in [6.45, 7) is 9.80. The van der Waals surface area contributed by atoms with E-state index in [4.69, 9.17) is 4.52 Å². The number of aromatic nitrogens is 4.